The average Bonchev–Trinajstić information content (AvgIpc) is 3.18. The standard InChI is InChI=1S/C17H26N4O3/c1-10-7-8-14(18-10)16(22)20-12-5-3-4-6-13(12)21-17(23)15-9-24-11(2)19-15/h12-15H,3-9H2,1-2H3,(H,20,22)(H,21,23)/t12-,13-,14-,15-/m0/s1. The summed E-state index contributed by atoms with van der Waals surface area (Å²) in [5, 5.41) is 6.17. The molecular formula is C17H26N4O3. The molecule has 0 spiro atoms. The topological polar surface area (TPSA) is 92.2 Å². The molecule has 2 heterocycles. The Morgan fingerprint density at radius 1 is 0.958 bits per heavy atom. The number of aliphatic imine (C=N–C) groups is 2. The molecule has 0 aromatic rings. The summed E-state index contributed by atoms with van der Waals surface area (Å²) in [4.78, 5) is 33.4. The molecule has 7 heteroatoms. The number of hydrogen-bond donors (Lipinski definition) is 2. The third-order valence-corrected chi connectivity index (χ3v) is 4.97. The Hall–Kier alpha value is -1.92. The SMILES string of the molecule is CC1=N[C@H](C(=O)N[C@H]2CCCC[C@@H]2NC(=O)[C@@H]2COC(C)=N2)CC1. The molecule has 2 aliphatic heterocycles. The van der Waals surface area contributed by atoms with Gasteiger partial charge in [-0.25, -0.2) is 4.99 Å². The first-order valence-corrected chi connectivity index (χ1v) is 8.84. The number of amides is 2. The molecule has 132 valence electrons. The molecule has 0 unspecified atom stereocenters. The Kier molecular flexibility index (Phi) is 5.16. The van der Waals surface area contributed by atoms with Gasteiger partial charge in [0.2, 0.25) is 11.8 Å². The van der Waals surface area contributed by atoms with Crippen molar-refractivity contribution in [3.63, 3.8) is 0 Å². The van der Waals surface area contributed by atoms with Gasteiger partial charge in [-0.2, -0.15) is 0 Å². The molecule has 3 rings (SSSR count). The third kappa shape index (κ3) is 3.94. The molecule has 1 saturated carbocycles. The second-order valence-corrected chi connectivity index (χ2v) is 6.91. The molecule has 2 N–H and O–H groups in total. The van der Waals surface area contributed by atoms with E-state index in [9.17, 15) is 9.59 Å². The Bertz CT molecular complexity index is 522. The Labute approximate surface area is 142 Å². The first kappa shape index (κ1) is 16.9. The number of rotatable bonds is 4. The van der Waals surface area contributed by atoms with E-state index >= 15 is 0 Å². The predicted molar refractivity (Wildman–Crippen MR) is 91.3 cm³/mol. The van der Waals surface area contributed by atoms with Crippen LogP contribution in [0.4, 0.5) is 0 Å². The summed E-state index contributed by atoms with van der Waals surface area (Å²) in [5.74, 6) is 0.418. The van der Waals surface area contributed by atoms with Crippen LogP contribution in [0.5, 0.6) is 0 Å². The van der Waals surface area contributed by atoms with E-state index < -0.39 is 6.04 Å². The zero-order valence-corrected chi connectivity index (χ0v) is 14.4. The molecule has 1 fully saturated rings. The maximum absolute atomic E-state index is 12.4. The minimum absolute atomic E-state index is 0.0175. The minimum Gasteiger partial charge on any atom is -0.478 e. The zero-order chi connectivity index (χ0) is 17.1. The van der Waals surface area contributed by atoms with E-state index in [1.54, 1.807) is 6.92 Å². The molecule has 24 heavy (non-hydrogen) atoms. The van der Waals surface area contributed by atoms with E-state index in [-0.39, 0.29) is 29.9 Å². The quantitative estimate of drug-likeness (QED) is 0.802. The van der Waals surface area contributed by atoms with Crippen LogP contribution in [0, 0.1) is 0 Å². The van der Waals surface area contributed by atoms with Gasteiger partial charge in [-0.3, -0.25) is 14.6 Å². The van der Waals surface area contributed by atoms with Gasteiger partial charge in [0, 0.05) is 24.7 Å². The van der Waals surface area contributed by atoms with E-state index in [4.69, 9.17) is 4.74 Å². The summed E-state index contributed by atoms with van der Waals surface area (Å²) in [6.45, 7) is 4.02. The Morgan fingerprint density at radius 3 is 2.08 bits per heavy atom. The highest BCUT2D eigenvalue weighted by Crippen LogP contribution is 2.21. The molecule has 0 saturated heterocycles. The summed E-state index contributed by atoms with van der Waals surface area (Å²) in [7, 11) is 0. The largest absolute Gasteiger partial charge is 0.478 e. The first-order chi connectivity index (χ1) is 11.5. The molecule has 7 nitrogen and oxygen atoms in total. The highest BCUT2D eigenvalue weighted by Gasteiger charge is 2.33. The normalized spacial score (nSPS) is 32.6. The molecule has 0 radical (unpaired) electrons. The van der Waals surface area contributed by atoms with Crippen LogP contribution >= 0.6 is 0 Å². The van der Waals surface area contributed by atoms with Gasteiger partial charge in [0.1, 0.15) is 12.6 Å². The van der Waals surface area contributed by atoms with Gasteiger partial charge >= 0.3 is 0 Å². The summed E-state index contributed by atoms with van der Waals surface area (Å²) < 4.78 is 5.25. The molecular weight excluding hydrogens is 308 g/mol. The lowest BCUT2D eigenvalue weighted by molar-refractivity contribution is -0.126. The maximum atomic E-state index is 12.4. The van der Waals surface area contributed by atoms with Crippen molar-refractivity contribution in [1.82, 2.24) is 10.6 Å². The molecule has 1 aliphatic carbocycles. The lowest BCUT2D eigenvalue weighted by Gasteiger charge is -2.33. The fourth-order valence-electron chi connectivity index (χ4n) is 3.59. The number of nitrogens with one attached hydrogen (secondary N) is 2. The summed E-state index contributed by atoms with van der Waals surface area (Å²) >= 11 is 0. The smallest absolute Gasteiger partial charge is 0.248 e. The fourth-order valence-corrected chi connectivity index (χ4v) is 3.59. The second kappa shape index (κ2) is 7.32. The molecule has 0 bridgehead atoms. The van der Waals surface area contributed by atoms with Gasteiger partial charge < -0.3 is 15.4 Å². The van der Waals surface area contributed by atoms with Crippen molar-refractivity contribution in [2.45, 2.75) is 76.5 Å². The van der Waals surface area contributed by atoms with E-state index in [0.717, 1.165) is 44.2 Å². The van der Waals surface area contributed by atoms with Crippen LogP contribution in [0.2, 0.25) is 0 Å². The Balaban J connectivity index is 1.57. The lowest BCUT2D eigenvalue weighted by atomic mass is 9.89. The molecule has 0 aromatic heterocycles. The third-order valence-electron chi connectivity index (χ3n) is 4.97. The highest BCUT2D eigenvalue weighted by atomic mass is 16.5. The number of ether oxygens (including phenoxy) is 1. The van der Waals surface area contributed by atoms with Gasteiger partial charge in [0.05, 0.1) is 0 Å². The van der Waals surface area contributed by atoms with E-state index in [0.29, 0.717) is 12.5 Å². The van der Waals surface area contributed by atoms with E-state index in [1.807, 2.05) is 6.92 Å². The monoisotopic (exact) mass is 334 g/mol. The predicted octanol–water partition coefficient (Wildman–Crippen LogP) is 0.971. The van der Waals surface area contributed by atoms with Crippen molar-refractivity contribution in [1.29, 1.82) is 0 Å². The minimum atomic E-state index is -0.467. The number of hydrogen-bond acceptors (Lipinski definition) is 5. The van der Waals surface area contributed by atoms with E-state index in [2.05, 4.69) is 20.6 Å². The van der Waals surface area contributed by atoms with Crippen molar-refractivity contribution in [3.8, 4) is 0 Å². The zero-order valence-electron chi connectivity index (χ0n) is 14.4. The number of carbonyl (C=O) groups excluding carboxylic acids is 2. The molecule has 2 amide bonds. The summed E-state index contributed by atoms with van der Waals surface area (Å²) in [6.07, 6.45) is 5.56. The van der Waals surface area contributed by atoms with Crippen molar-refractivity contribution < 1.29 is 14.3 Å². The fraction of sp³-hybridized carbons (Fsp3) is 0.765. The molecule has 4 atom stereocenters. The van der Waals surface area contributed by atoms with E-state index in [1.165, 1.54) is 0 Å². The van der Waals surface area contributed by atoms with Crippen molar-refractivity contribution in [2.24, 2.45) is 9.98 Å². The van der Waals surface area contributed by atoms with Crippen LogP contribution in [0.1, 0.15) is 52.4 Å². The molecule has 3 aliphatic rings. The number of carbonyl (C=O) groups is 2. The first-order valence-electron chi connectivity index (χ1n) is 8.84. The summed E-state index contributed by atoms with van der Waals surface area (Å²) in [6, 6.07) is -0.805. The maximum Gasteiger partial charge on any atom is 0.248 e. The van der Waals surface area contributed by atoms with Crippen LogP contribution in [-0.2, 0) is 14.3 Å². The van der Waals surface area contributed by atoms with Gasteiger partial charge in [-0.15, -0.1) is 0 Å². The lowest BCUT2D eigenvalue weighted by Crippen LogP contribution is -2.56. The summed E-state index contributed by atoms with van der Waals surface area (Å²) in [5.41, 5.74) is 1.04. The number of nitrogens with zero attached hydrogens (tertiary/aromatic N) is 2. The van der Waals surface area contributed by atoms with Gasteiger partial charge in [0.15, 0.2) is 11.9 Å². The van der Waals surface area contributed by atoms with Crippen molar-refractivity contribution in [2.75, 3.05) is 6.61 Å². The van der Waals surface area contributed by atoms with Crippen LogP contribution < -0.4 is 10.6 Å². The Morgan fingerprint density at radius 2 is 1.58 bits per heavy atom. The average molecular weight is 334 g/mol. The molecule has 0 aromatic carbocycles. The second-order valence-electron chi connectivity index (χ2n) is 6.91. The van der Waals surface area contributed by atoms with Gasteiger partial charge in [-0.1, -0.05) is 12.8 Å². The van der Waals surface area contributed by atoms with Crippen LogP contribution in [0.25, 0.3) is 0 Å². The van der Waals surface area contributed by atoms with Crippen LogP contribution in [0.15, 0.2) is 9.98 Å². The van der Waals surface area contributed by atoms with Crippen LogP contribution in [0.3, 0.4) is 0 Å². The van der Waals surface area contributed by atoms with Gasteiger partial charge in [-0.05, 0) is 32.6 Å². The van der Waals surface area contributed by atoms with Crippen molar-refractivity contribution in [3.05, 3.63) is 0 Å². The van der Waals surface area contributed by atoms with Gasteiger partial charge in [0.25, 0.3) is 0 Å². The van der Waals surface area contributed by atoms with Crippen LogP contribution in [-0.4, -0.2) is 54.2 Å². The highest BCUT2D eigenvalue weighted by molar-refractivity contribution is 5.92. The van der Waals surface area contributed by atoms with Crippen molar-refractivity contribution >= 4 is 23.4 Å².